The number of carbonyl (C=O) groups is 1. The molecule has 0 aliphatic carbocycles. The number of fused-ring (bicyclic) bond motifs is 1. The van der Waals surface area contributed by atoms with E-state index in [1.165, 1.54) is 0 Å². The summed E-state index contributed by atoms with van der Waals surface area (Å²) < 4.78 is 0. The third-order valence-corrected chi connectivity index (χ3v) is 5.84. The largest absolute Gasteiger partial charge is 0.383 e. The SMILES string of the molecule is CN1CCN(c2ccc(-c3cnc(N)c(-c4ccc5c(c4)CCNC5=O)c3)cc2)C=N1. The van der Waals surface area contributed by atoms with Crippen molar-refractivity contribution in [3.8, 4) is 22.3 Å². The molecule has 31 heavy (non-hydrogen) atoms. The third kappa shape index (κ3) is 3.70. The number of carbonyl (C=O) groups excluding carboxylic acids is 1. The number of hydrazone groups is 1. The van der Waals surface area contributed by atoms with Gasteiger partial charge < -0.3 is 16.0 Å². The summed E-state index contributed by atoms with van der Waals surface area (Å²) in [6, 6.07) is 16.3. The summed E-state index contributed by atoms with van der Waals surface area (Å²) in [5, 5.41) is 9.15. The van der Waals surface area contributed by atoms with Gasteiger partial charge in [-0.05, 0) is 47.4 Å². The number of nitrogens with one attached hydrogen (secondary N) is 1. The molecule has 156 valence electrons. The highest BCUT2D eigenvalue weighted by atomic mass is 16.1. The molecular formula is C24H24N6O. The molecule has 1 aromatic heterocycles. The van der Waals surface area contributed by atoms with Crippen LogP contribution in [0, 0.1) is 0 Å². The molecule has 2 aliphatic heterocycles. The van der Waals surface area contributed by atoms with Crippen LogP contribution in [-0.2, 0) is 6.42 Å². The zero-order chi connectivity index (χ0) is 21.4. The van der Waals surface area contributed by atoms with Gasteiger partial charge in [0, 0.05) is 48.7 Å². The first-order valence-corrected chi connectivity index (χ1v) is 10.4. The molecule has 3 aromatic rings. The molecule has 0 unspecified atom stereocenters. The Balaban J connectivity index is 1.45. The van der Waals surface area contributed by atoms with Crippen LogP contribution in [0.25, 0.3) is 22.3 Å². The molecule has 0 fully saturated rings. The molecule has 0 saturated carbocycles. The zero-order valence-electron chi connectivity index (χ0n) is 17.4. The fraction of sp³-hybridized carbons (Fsp3) is 0.208. The number of pyridine rings is 1. The van der Waals surface area contributed by atoms with Crippen molar-refractivity contribution in [2.75, 3.05) is 37.3 Å². The summed E-state index contributed by atoms with van der Waals surface area (Å²) in [5.41, 5.74) is 13.0. The Morgan fingerprint density at radius 3 is 2.55 bits per heavy atom. The Labute approximate surface area is 181 Å². The minimum atomic E-state index is -0.0156. The predicted molar refractivity (Wildman–Crippen MR) is 124 cm³/mol. The second-order valence-corrected chi connectivity index (χ2v) is 7.89. The van der Waals surface area contributed by atoms with Gasteiger partial charge in [-0.1, -0.05) is 24.3 Å². The topological polar surface area (TPSA) is 86.9 Å². The van der Waals surface area contributed by atoms with Gasteiger partial charge in [-0.25, -0.2) is 4.98 Å². The molecule has 0 radical (unpaired) electrons. The molecule has 3 N–H and O–H groups in total. The van der Waals surface area contributed by atoms with Gasteiger partial charge >= 0.3 is 0 Å². The molecule has 7 heteroatoms. The standard InChI is InChI=1S/C24H24N6O/c1-29-10-11-30(15-28-29)20-5-2-16(3-6-20)19-13-22(23(25)27-14-19)17-4-7-21-18(12-17)8-9-26-24(21)31/h2-7,12-15H,8-11H2,1H3,(H2,25,27)(H,26,31). The summed E-state index contributed by atoms with van der Waals surface area (Å²) in [4.78, 5) is 18.6. The van der Waals surface area contributed by atoms with E-state index in [-0.39, 0.29) is 5.91 Å². The Morgan fingerprint density at radius 2 is 1.77 bits per heavy atom. The smallest absolute Gasteiger partial charge is 0.251 e. The molecule has 5 rings (SSSR count). The van der Waals surface area contributed by atoms with Crippen molar-refractivity contribution in [3.63, 3.8) is 0 Å². The van der Waals surface area contributed by atoms with E-state index < -0.39 is 0 Å². The van der Waals surface area contributed by atoms with Crippen LogP contribution in [0.5, 0.6) is 0 Å². The monoisotopic (exact) mass is 412 g/mol. The fourth-order valence-electron chi connectivity index (χ4n) is 4.02. The number of hydrogen-bond acceptors (Lipinski definition) is 6. The molecule has 0 bridgehead atoms. The molecule has 2 aromatic carbocycles. The van der Waals surface area contributed by atoms with Crippen molar-refractivity contribution in [1.82, 2.24) is 15.3 Å². The lowest BCUT2D eigenvalue weighted by molar-refractivity contribution is 0.0946. The molecule has 0 saturated heterocycles. The van der Waals surface area contributed by atoms with Crippen molar-refractivity contribution in [1.29, 1.82) is 0 Å². The summed E-state index contributed by atoms with van der Waals surface area (Å²) in [6.07, 6.45) is 4.48. The van der Waals surface area contributed by atoms with E-state index in [9.17, 15) is 4.79 Å². The molecule has 0 atom stereocenters. The van der Waals surface area contributed by atoms with Gasteiger partial charge in [-0.3, -0.25) is 9.80 Å². The average molecular weight is 412 g/mol. The van der Waals surface area contributed by atoms with E-state index >= 15 is 0 Å². The number of hydrogen-bond donors (Lipinski definition) is 2. The maximum Gasteiger partial charge on any atom is 0.251 e. The lowest BCUT2D eigenvalue weighted by Crippen LogP contribution is -2.35. The molecule has 1 amide bonds. The second kappa shape index (κ2) is 7.75. The number of nitrogens with two attached hydrogens (primary N) is 1. The number of nitrogens with zero attached hydrogens (tertiary/aromatic N) is 4. The zero-order valence-corrected chi connectivity index (χ0v) is 17.4. The van der Waals surface area contributed by atoms with Crippen LogP contribution in [0.3, 0.4) is 0 Å². The highest BCUT2D eigenvalue weighted by Gasteiger charge is 2.18. The first-order chi connectivity index (χ1) is 15.1. The van der Waals surface area contributed by atoms with Crippen molar-refractivity contribution >= 4 is 23.8 Å². The molecule has 3 heterocycles. The van der Waals surface area contributed by atoms with Crippen molar-refractivity contribution in [3.05, 3.63) is 65.9 Å². The summed E-state index contributed by atoms with van der Waals surface area (Å²) in [7, 11) is 1.97. The van der Waals surface area contributed by atoms with Crippen LogP contribution in [0.4, 0.5) is 11.5 Å². The lowest BCUT2D eigenvalue weighted by atomic mass is 9.94. The Hall–Kier alpha value is -3.87. The predicted octanol–water partition coefficient (Wildman–Crippen LogP) is 2.98. The van der Waals surface area contributed by atoms with Crippen molar-refractivity contribution in [2.45, 2.75) is 6.42 Å². The van der Waals surface area contributed by atoms with Gasteiger partial charge in [-0.2, -0.15) is 5.10 Å². The normalized spacial score (nSPS) is 15.6. The number of likely N-dealkylation sites (N-methyl/N-ethyl adjacent to an activating group) is 1. The van der Waals surface area contributed by atoms with Crippen LogP contribution in [0.2, 0.25) is 0 Å². The van der Waals surface area contributed by atoms with Gasteiger partial charge in [-0.15, -0.1) is 0 Å². The van der Waals surface area contributed by atoms with Crippen LogP contribution in [0.15, 0.2) is 59.8 Å². The molecular weight excluding hydrogens is 388 g/mol. The van der Waals surface area contributed by atoms with E-state index in [1.54, 1.807) is 6.20 Å². The summed E-state index contributed by atoms with van der Waals surface area (Å²) in [6.45, 7) is 2.46. The van der Waals surface area contributed by atoms with Crippen LogP contribution in [-0.4, -0.2) is 48.9 Å². The molecule has 0 spiro atoms. The maximum absolute atomic E-state index is 12.0. The number of aromatic nitrogens is 1. The van der Waals surface area contributed by atoms with Crippen LogP contribution < -0.4 is 16.0 Å². The Bertz CT molecular complexity index is 1170. The van der Waals surface area contributed by atoms with E-state index in [0.717, 1.165) is 58.6 Å². The first-order valence-electron chi connectivity index (χ1n) is 10.4. The highest BCUT2D eigenvalue weighted by Crippen LogP contribution is 2.32. The number of amides is 1. The number of nitrogen functional groups attached to an aromatic ring is 1. The van der Waals surface area contributed by atoms with Crippen LogP contribution in [0.1, 0.15) is 15.9 Å². The van der Waals surface area contributed by atoms with Gasteiger partial charge in [0.25, 0.3) is 5.91 Å². The number of benzene rings is 2. The quantitative estimate of drug-likeness (QED) is 0.691. The minimum Gasteiger partial charge on any atom is -0.383 e. The third-order valence-electron chi connectivity index (χ3n) is 5.84. The molecule has 2 aliphatic rings. The Morgan fingerprint density at radius 1 is 0.968 bits per heavy atom. The average Bonchev–Trinajstić information content (AvgIpc) is 2.80. The lowest BCUT2D eigenvalue weighted by Gasteiger charge is -2.27. The van der Waals surface area contributed by atoms with Gasteiger partial charge in [0.05, 0.1) is 6.54 Å². The van der Waals surface area contributed by atoms with Gasteiger partial charge in [0.1, 0.15) is 12.2 Å². The second-order valence-electron chi connectivity index (χ2n) is 7.89. The number of rotatable bonds is 3. The van der Waals surface area contributed by atoms with E-state index in [4.69, 9.17) is 5.73 Å². The van der Waals surface area contributed by atoms with Crippen molar-refractivity contribution < 1.29 is 4.79 Å². The van der Waals surface area contributed by atoms with Crippen LogP contribution >= 0.6 is 0 Å². The van der Waals surface area contributed by atoms with E-state index in [2.05, 4.69) is 56.7 Å². The molecule has 7 nitrogen and oxygen atoms in total. The number of anilines is 2. The Kier molecular flexibility index (Phi) is 4.78. The maximum atomic E-state index is 12.0. The van der Waals surface area contributed by atoms with E-state index in [1.807, 2.05) is 30.5 Å². The summed E-state index contributed by atoms with van der Waals surface area (Å²) in [5.74, 6) is 0.465. The van der Waals surface area contributed by atoms with Gasteiger partial charge in [0.15, 0.2) is 0 Å². The summed E-state index contributed by atoms with van der Waals surface area (Å²) >= 11 is 0. The first kappa shape index (κ1) is 19.1. The van der Waals surface area contributed by atoms with E-state index in [0.29, 0.717) is 12.4 Å². The minimum absolute atomic E-state index is 0.0156. The fourth-order valence-corrected chi connectivity index (χ4v) is 4.02. The van der Waals surface area contributed by atoms with Gasteiger partial charge in [0.2, 0.25) is 0 Å². The van der Waals surface area contributed by atoms with Crippen molar-refractivity contribution in [2.24, 2.45) is 5.10 Å². The highest BCUT2D eigenvalue weighted by molar-refractivity contribution is 5.97.